The Balaban J connectivity index is 1.58. The number of rotatable bonds is 6. The number of nitrogens with zero attached hydrogens (tertiary/aromatic N) is 2. The maximum Gasteiger partial charge on any atom is 0.103 e. The molecular weight excluding hydrogens is 270 g/mol. The van der Waals surface area contributed by atoms with Gasteiger partial charge in [0.15, 0.2) is 0 Å². The van der Waals surface area contributed by atoms with Gasteiger partial charge >= 0.3 is 0 Å². The van der Waals surface area contributed by atoms with Crippen LogP contribution in [0.5, 0.6) is 0 Å². The van der Waals surface area contributed by atoms with Crippen molar-refractivity contribution in [2.24, 2.45) is 5.92 Å². The Morgan fingerprint density at radius 3 is 3.25 bits per heavy atom. The van der Waals surface area contributed by atoms with Gasteiger partial charge in [0, 0.05) is 38.4 Å². The Morgan fingerprint density at radius 1 is 1.50 bits per heavy atom. The SMILES string of the molecule is CCn1nccc1[C@@H]1OCC[C@H]1CNCc1ccsc1. The van der Waals surface area contributed by atoms with E-state index in [1.807, 2.05) is 10.9 Å². The summed E-state index contributed by atoms with van der Waals surface area (Å²) < 4.78 is 7.98. The summed E-state index contributed by atoms with van der Waals surface area (Å²) in [5.74, 6) is 0.538. The molecule has 0 radical (unpaired) electrons. The van der Waals surface area contributed by atoms with Gasteiger partial charge in [-0.1, -0.05) is 0 Å². The van der Waals surface area contributed by atoms with E-state index in [4.69, 9.17) is 4.74 Å². The van der Waals surface area contributed by atoms with Crippen LogP contribution in [-0.4, -0.2) is 22.9 Å². The van der Waals surface area contributed by atoms with E-state index >= 15 is 0 Å². The number of ether oxygens (including phenoxy) is 1. The fourth-order valence-electron chi connectivity index (χ4n) is 2.81. The van der Waals surface area contributed by atoms with E-state index in [1.54, 1.807) is 11.3 Å². The number of hydrogen-bond acceptors (Lipinski definition) is 4. The molecule has 3 heterocycles. The highest BCUT2D eigenvalue weighted by Crippen LogP contribution is 2.33. The van der Waals surface area contributed by atoms with Gasteiger partial charge in [-0.2, -0.15) is 16.4 Å². The van der Waals surface area contributed by atoms with Crippen LogP contribution in [0, 0.1) is 5.92 Å². The van der Waals surface area contributed by atoms with E-state index in [0.29, 0.717) is 5.92 Å². The summed E-state index contributed by atoms with van der Waals surface area (Å²) in [6.07, 6.45) is 3.18. The monoisotopic (exact) mass is 291 g/mol. The third-order valence-electron chi connectivity index (χ3n) is 3.87. The van der Waals surface area contributed by atoms with Crippen LogP contribution in [0.2, 0.25) is 0 Å². The van der Waals surface area contributed by atoms with Crippen molar-refractivity contribution in [3.8, 4) is 0 Å². The zero-order chi connectivity index (χ0) is 13.8. The first-order valence-electron chi connectivity index (χ1n) is 7.23. The van der Waals surface area contributed by atoms with Crippen LogP contribution in [0.3, 0.4) is 0 Å². The minimum atomic E-state index is 0.187. The smallest absolute Gasteiger partial charge is 0.103 e. The first-order chi connectivity index (χ1) is 9.88. The molecule has 0 bridgehead atoms. The van der Waals surface area contributed by atoms with E-state index < -0.39 is 0 Å². The van der Waals surface area contributed by atoms with Gasteiger partial charge in [0.2, 0.25) is 0 Å². The molecule has 0 unspecified atom stereocenters. The van der Waals surface area contributed by atoms with Crippen molar-refractivity contribution in [1.29, 1.82) is 0 Å². The molecule has 0 aromatic carbocycles. The number of hydrogen-bond donors (Lipinski definition) is 1. The van der Waals surface area contributed by atoms with Crippen molar-refractivity contribution >= 4 is 11.3 Å². The van der Waals surface area contributed by atoms with Gasteiger partial charge in [0.05, 0.1) is 5.69 Å². The minimum Gasteiger partial charge on any atom is -0.372 e. The molecule has 0 amide bonds. The highest BCUT2D eigenvalue weighted by atomic mass is 32.1. The summed E-state index contributed by atoms with van der Waals surface area (Å²) >= 11 is 1.75. The van der Waals surface area contributed by atoms with Crippen molar-refractivity contribution < 1.29 is 4.74 Å². The third kappa shape index (κ3) is 2.95. The predicted octanol–water partition coefficient (Wildman–Crippen LogP) is 2.83. The lowest BCUT2D eigenvalue weighted by atomic mass is 9.99. The summed E-state index contributed by atoms with van der Waals surface area (Å²) in [7, 11) is 0. The van der Waals surface area contributed by atoms with E-state index in [0.717, 1.165) is 32.7 Å². The Hall–Kier alpha value is -1.17. The zero-order valence-electron chi connectivity index (χ0n) is 11.8. The van der Waals surface area contributed by atoms with Crippen molar-refractivity contribution in [2.45, 2.75) is 32.5 Å². The topological polar surface area (TPSA) is 39.1 Å². The Morgan fingerprint density at radius 2 is 2.45 bits per heavy atom. The van der Waals surface area contributed by atoms with Gasteiger partial charge in [-0.15, -0.1) is 0 Å². The first-order valence-corrected chi connectivity index (χ1v) is 8.18. The van der Waals surface area contributed by atoms with Gasteiger partial charge in [0.1, 0.15) is 6.10 Å². The summed E-state index contributed by atoms with van der Waals surface area (Å²) in [5.41, 5.74) is 2.58. The standard InChI is InChI=1S/C15H21N3OS/c1-2-18-14(3-6-17-18)15-13(4-7-19-15)10-16-9-12-5-8-20-11-12/h3,5-6,8,11,13,15-16H,2,4,7,9-10H2,1H3/t13-,15+/m0/s1. The Kier molecular flexibility index (Phi) is 4.50. The predicted molar refractivity (Wildman–Crippen MR) is 80.7 cm³/mol. The molecule has 1 fully saturated rings. The zero-order valence-corrected chi connectivity index (χ0v) is 12.6. The van der Waals surface area contributed by atoms with E-state index in [2.05, 4.69) is 40.2 Å². The van der Waals surface area contributed by atoms with Gasteiger partial charge in [-0.05, 0) is 41.8 Å². The van der Waals surface area contributed by atoms with Crippen molar-refractivity contribution in [1.82, 2.24) is 15.1 Å². The van der Waals surface area contributed by atoms with Crippen LogP contribution >= 0.6 is 11.3 Å². The van der Waals surface area contributed by atoms with Gasteiger partial charge in [-0.25, -0.2) is 0 Å². The van der Waals surface area contributed by atoms with Crippen LogP contribution in [0.1, 0.15) is 30.7 Å². The number of thiophene rings is 1. The molecule has 2 atom stereocenters. The number of aryl methyl sites for hydroxylation is 1. The molecule has 3 rings (SSSR count). The quantitative estimate of drug-likeness (QED) is 0.889. The average Bonchev–Trinajstić information content (AvgIpc) is 3.19. The Labute approximate surface area is 123 Å². The van der Waals surface area contributed by atoms with Gasteiger partial charge < -0.3 is 10.1 Å². The van der Waals surface area contributed by atoms with E-state index in [9.17, 15) is 0 Å². The van der Waals surface area contributed by atoms with Crippen LogP contribution in [0.15, 0.2) is 29.1 Å². The summed E-state index contributed by atoms with van der Waals surface area (Å²) in [6.45, 7) is 5.81. The molecule has 0 spiro atoms. The van der Waals surface area contributed by atoms with Crippen LogP contribution in [-0.2, 0) is 17.8 Å². The maximum absolute atomic E-state index is 5.94. The summed E-state index contributed by atoms with van der Waals surface area (Å²) in [4.78, 5) is 0. The third-order valence-corrected chi connectivity index (χ3v) is 4.60. The lowest BCUT2D eigenvalue weighted by Crippen LogP contribution is -2.25. The average molecular weight is 291 g/mol. The fraction of sp³-hybridized carbons (Fsp3) is 0.533. The van der Waals surface area contributed by atoms with E-state index in [-0.39, 0.29) is 6.10 Å². The molecule has 4 nitrogen and oxygen atoms in total. The molecule has 20 heavy (non-hydrogen) atoms. The highest BCUT2D eigenvalue weighted by molar-refractivity contribution is 7.07. The molecule has 108 valence electrons. The minimum absolute atomic E-state index is 0.187. The maximum atomic E-state index is 5.94. The molecule has 0 saturated carbocycles. The summed E-state index contributed by atoms with van der Waals surface area (Å²) in [5, 5.41) is 12.2. The Bertz CT molecular complexity index is 523. The number of aromatic nitrogens is 2. The molecule has 1 saturated heterocycles. The first kappa shape index (κ1) is 13.8. The van der Waals surface area contributed by atoms with Crippen molar-refractivity contribution in [3.05, 3.63) is 40.3 Å². The second-order valence-electron chi connectivity index (χ2n) is 5.17. The molecule has 2 aromatic rings. The fourth-order valence-corrected chi connectivity index (χ4v) is 3.48. The second-order valence-corrected chi connectivity index (χ2v) is 5.95. The van der Waals surface area contributed by atoms with E-state index in [1.165, 1.54) is 11.3 Å². The van der Waals surface area contributed by atoms with Crippen molar-refractivity contribution in [3.63, 3.8) is 0 Å². The number of nitrogens with one attached hydrogen (secondary N) is 1. The summed E-state index contributed by atoms with van der Waals surface area (Å²) in [6, 6.07) is 4.26. The molecule has 0 aliphatic carbocycles. The lowest BCUT2D eigenvalue weighted by Gasteiger charge is -2.19. The molecule has 5 heteroatoms. The molecular formula is C15H21N3OS. The van der Waals surface area contributed by atoms with Crippen LogP contribution in [0.25, 0.3) is 0 Å². The molecule has 1 aliphatic heterocycles. The lowest BCUT2D eigenvalue weighted by molar-refractivity contribution is 0.0830. The molecule has 1 N–H and O–H groups in total. The largest absolute Gasteiger partial charge is 0.372 e. The van der Waals surface area contributed by atoms with Crippen molar-refractivity contribution in [2.75, 3.05) is 13.2 Å². The van der Waals surface area contributed by atoms with Gasteiger partial charge in [0.25, 0.3) is 0 Å². The second kappa shape index (κ2) is 6.52. The highest BCUT2D eigenvalue weighted by Gasteiger charge is 2.31. The van der Waals surface area contributed by atoms with Crippen LogP contribution < -0.4 is 5.32 Å². The van der Waals surface area contributed by atoms with Gasteiger partial charge in [-0.3, -0.25) is 4.68 Å². The molecule has 1 aliphatic rings. The normalized spacial score (nSPS) is 22.4. The molecule has 2 aromatic heterocycles. The van der Waals surface area contributed by atoms with Crippen LogP contribution in [0.4, 0.5) is 0 Å².